The van der Waals surface area contributed by atoms with Gasteiger partial charge in [0, 0.05) is 26.2 Å². The Labute approximate surface area is 147 Å². The molecule has 0 atom stereocenters. The molecule has 0 aliphatic carbocycles. The van der Waals surface area contributed by atoms with Crippen LogP contribution in [0.2, 0.25) is 0 Å². The molecule has 3 nitrogen and oxygen atoms in total. The molecule has 88 valence electrons. The van der Waals surface area contributed by atoms with Gasteiger partial charge in [-0.2, -0.15) is 0 Å². The molecule has 1 aliphatic rings. The molecule has 0 spiro atoms. The second kappa shape index (κ2) is 8.02. The minimum absolute atomic E-state index is 0. The molecule has 17 heavy (non-hydrogen) atoms. The van der Waals surface area contributed by atoms with Crippen LogP contribution in [0.25, 0.3) is 0 Å². The second-order valence-corrected chi connectivity index (χ2v) is 4.41. The third kappa shape index (κ3) is 5.08. The van der Waals surface area contributed by atoms with Crippen molar-refractivity contribution < 1.29 is 51.4 Å². The van der Waals surface area contributed by atoms with E-state index in [4.69, 9.17) is 5.73 Å². The standard InChI is InChI=1S/C13H20N3.K/c1-15-6-8-16(9-7-15)11-13-4-2-12(10-14)3-5-13;/h2-5H,1,6-11,14H2;/q-1;+1. The maximum Gasteiger partial charge on any atom is 1.00 e. The molecule has 1 aromatic rings. The van der Waals surface area contributed by atoms with E-state index < -0.39 is 0 Å². The van der Waals surface area contributed by atoms with Gasteiger partial charge in [-0.15, -0.1) is 0 Å². The van der Waals surface area contributed by atoms with Crippen LogP contribution >= 0.6 is 0 Å². The van der Waals surface area contributed by atoms with Gasteiger partial charge in [-0.25, -0.2) is 0 Å². The average molecular weight is 257 g/mol. The first-order valence-corrected chi connectivity index (χ1v) is 5.83. The van der Waals surface area contributed by atoms with Crippen LogP contribution in [0.5, 0.6) is 0 Å². The van der Waals surface area contributed by atoms with Gasteiger partial charge in [0.2, 0.25) is 0 Å². The molecule has 4 heteroatoms. The van der Waals surface area contributed by atoms with Crippen LogP contribution in [0.3, 0.4) is 0 Å². The van der Waals surface area contributed by atoms with Crippen LogP contribution < -0.4 is 57.1 Å². The SMILES string of the molecule is [CH2-]N1CCN(Cc2ccc(CN)cc2)CC1.[K+]. The number of rotatable bonds is 3. The van der Waals surface area contributed by atoms with E-state index in [1.807, 2.05) is 0 Å². The summed E-state index contributed by atoms with van der Waals surface area (Å²) in [6.45, 7) is 6.03. The van der Waals surface area contributed by atoms with Crippen molar-refractivity contribution in [2.24, 2.45) is 5.73 Å². The first kappa shape index (κ1) is 15.8. The van der Waals surface area contributed by atoms with E-state index in [2.05, 4.69) is 41.1 Å². The number of hydrogen-bond acceptors (Lipinski definition) is 3. The summed E-state index contributed by atoms with van der Waals surface area (Å²) in [4.78, 5) is 4.60. The Balaban J connectivity index is 0.00000144. The molecule has 1 fully saturated rings. The first-order chi connectivity index (χ1) is 7.78. The molecule has 1 heterocycles. The van der Waals surface area contributed by atoms with Crippen molar-refractivity contribution in [2.75, 3.05) is 26.2 Å². The quantitative estimate of drug-likeness (QED) is 0.505. The predicted octanol–water partition coefficient (Wildman–Crippen LogP) is -1.94. The molecule has 1 saturated heterocycles. The first-order valence-electron chi connectivity index (χ1n) is 5.83. The summed E-state index contributed by atoms with van der Waals surface area (Å²) >= 11 is 0. The van der Waals surface area contributed by atoms with Crippen LogP contribution in [0.15, 0.2) is 24.3 Å². The van der Waals surface area contributed by atoms with E-state index in [0.29, 0.717) is 6.54 Å². The Morgan fingerprint density at radius 2 is 1.53 bits per heavy atom. The molecule has 0 radical (unpaired) electrons. The van der Waals surface area contributed by atoms with E-state index in [-0.39, 0.29) is 51.4 Å². The van der Waals surface area contributed by atoms with E-state index in [1.54, 1.807) is 0 Å². The smallest absolute Gasteiger partial charge is 0.457 e. The van der Waals surface area contributed by atoms with Crippen molar-refractivity contribution in [3.05, 3.63) is 42.4 Å². The van der Waals surface area contributed by atoms with E-state index >= 15 is 0 Å². The van der Waals surface area contributed by atoms with Crippen LogP contribution in [-0.4, -0.2) is 36.0 Å². The van der Waals surface area contributed by atoms with Gasteiger partial charge in [0.15, 0.2) is 0 Å². The monoisotopic (exact) mass is 257 g/mol. The second-order valence-electron chi connectivity index (χ2n) is 4.41. The van der Waals surface area contributed by atoms with Gasteiger partial charge in [-0.3, -0.25) is 11.9 Å². The number of nitrogens with two attached hydrogens (primary N) is 1. The molecule has 1 aromatic carbocycles. The zero-order chi connectivity index (χ0) is 11.4. The minimum atomic E-state index is 0. The molecule has 0 bridgehead atoms. The van der Waals surface area contributed by atoms with Gasteiger partial charge in [0.05, 0.1) is 0 Å². The van der Waals surface area contributed by atoms with Crippen molar-refractivity contribution in [1.29, 1.82) is 0 Å². The van der Waals surface area contributed by atoms with Crippen LogP contribution in [-0.2, 0) is 13.1 Å². The Bertz CT molecular complexity index is 318. The Kier molecular flexibility index (Phi) is 7.45. The van der Waals surface area contributed by atoms with E-state index in [1.165, 1.54) is 11.1 Å². The third-order valence-corrected chi connectivity index (χ3v) is 3.13. The summed E-state index contributed by atoms with van der Waals surface area (Å²) in [6.07, 6.45) is 0. The van der Waals surface area contributed by atoms with Crippen LogP contribution in [0.1, 0.15) is 11.1 Å². The zero-order valence-corrected chi connectivity index (χ0v) is 13.9. The normalized spacial score (nSPS) is 17.8. The molecule has 1 aliphatic heterocycles. The fraction of sp³-hybridized carbons (Fsp3) is 0.462. The predicted molar refractivity (Wildman–Crippen MR) is 66.5 cm³/mol. The Hall–Kier alpha value is 0.736. The van der Waals surface area contributed by atoms with Crippen LogP contribution in [0.4, 0.5) is 0 Å². The minimum Gasteiger partial charge on any atom is -0.457 e. The summed E-state index contributed by atoms with van der Waals surface area (Å²) < 4.78 is 0. The molecule has 0 unspecified atom stereocenters. The number of hydrogen-bond donors (Lipinski definition) is 1. The summed E-state index contributed by atoms with van der Waals surface area (Å²) in [5.41, 5.74) is 8.15. The maximum absolute atomic E-state index is 5.58. The van der Waals surface area contributed by atoms with Gasteiger partial charge in [-0.1, -0.05) is 24.3 Å². The topological polar surface area (TPSA) is 32.5 Å². The summed E-state index contributed by atoms with van der Waals surface area (Å²) in [5, 5.41) is 0. The van der Waals surface area contributed by atoms with E-state index in [0.717, 1.165) is 32.7 Å². The Morgan fingerprint density at radius 1 is 1.00 bits per heavy atom. The zero-order valence-electron chi connectivity index (χ0n) is 10.7. The van der Waals surface area contributed by atoms with Crippen molar-refractivity contribution in [2.45, 2.75) is 13.1 Å². The fourth-order valence-corrected chi connectivity index (χ4v) is 1.99. The number of benzene rings is 1. The third-order valence-electron chi connectivity index (χ3n) is 3.13. The fourth-order valence-electron chi connectivity index (χ4n) is 1.99. The molecule has 0 saturated carbocycles. The number of piperazine rings is 1. The molecule has 2 N–H and O–H groups in total. The molecule has 2 rings (SSSR count). The van der Waals surface area contributed by atoms with Crippen molar-refractivity contribution in [3.8, 4) is 0 Å². The molecular weight excluding hydrogens is 237 g/mol. The van der Waals surface area contributed by atoms with Crippen molar-refractivity contribution in [1.82, 2.24) is 9.80 Å². The number of nitrogens with zero attached hydrogens (tertiary/aromatic N) is 2. The van der Waals surface area contributed by atoms with Gasteiger partial charge in [0.25, 0.3) is 0 Å². The van der Waals surface area contributed by atoms with Gasteiger partial charge in [0.1, 0.15) is 0 Å². The Morgan fingerprint density at radius 3 is 2.06 bits per heavy atom. The summed E-state index contributed by atoms with van der Waals surface area (Å²) in [5.74, 6) is 0. The van der Waals surface area contributed by atoms with Crippen molar-refractivity contribution in [3.63, 3.8) is 0 Å². The van der Waals surface area contributed by atoms with Crippen molar-refractivity contribution >= 4 is 0 Å². The summed E-state index contributed by atoms with van der Waals surface area (Å²) in [6, 6.07) is 8.59. The van der Waals surface area contributed by atoms with Gasteiger partial charge < -0.3 is 10.6 Å². The average Bonchev–Trinajstić information content (AvgIpc) is 2.33. The largest absolute Gasteiger partial charge is 1.00 e. The van der Waals surface area contributed by atoms with Gasteiger partial charge in [-0.05, 0) is 24.2 Å². The molecular formula is C13H20KN3. The molecule has 0 aromatic heterocycles. The van der Waals surface area contributed by atoms with E-state index in [9.17, 15) is 0 Å². The maximum atomic E-state index is 5.58. The van der Waals surface area contributed by atoms with Crippen LogP contribution in [0, 0.1) is 7.05 Å². The van der Waals surface area contributed by atoms with Gasteiger partial charge >= 0.3 is 51.4 Å². The summed E-state index contributed by atoms with van der Waals surface area (Å²) in [7, 11) is 3.95. The molecule has 0 amide bonds.